The molecule has 0 aliphatic rings. The zero-order chi connectivity index (χ0) is 42.7. The zero-order valence-electron chi connectivity index (χ0n) is 39.6. The van der Waals surface area contributed by atoms with E-state index in [4.69, 9.17) is 14.2 Å². The summed E-state index contributed by atoms with van der Waals surface area (Å²) in [7, 11) is 4.03. The van der Waals surface area contributed by atoms with Crippen LogP contribution in [0.25, 0.3) is 0 Å². The molecule has 344 valence electrons. The van der Waals surface area contributed by atoms with Gasteiger partial charge in [0.15, 0.2) is 0 Å². The van der Waals surface area contributed by atoms with Gasteiger partial charge in [-0.3, -0.25) is 19.3 Å². The van der Waals surface area contributed by atoms with Gasteiger partial charge < -0.3 is 19.1 Å². The van der Waals surface area contributed by atoms with Gasteiger partial charge in [0, 0.05) is 25.8 Å². The van der Waals surface area contributed by atoms with E-state index in [1.807, 2.05) is 14.1 Å². The third kappa shape index (κ3) is 42.5. The van der Waals surface area contributed by atoms with E-state index in [0.29, 0.717) is 39.0 Å². The topological polar surface area (TPSA) is 85.4 Å². The lowest BCUT2D eigenvalue weighted by Gasteiger charge is -2.22. The Morgan fingerprint density at radius 1 is 0.414 bits per heavy atom. The highest BCUT2D eigenvalue weighted by molar-refractivity contribution is 5.70. The van der Waals surface area contributed by atoms with Crippen LogP contribution in [0.1, 0.15) is 240 Å². The van der Waals surface area contributed by atoms with Crippen molar-refractivity contribution in [3.8, 4) is 0 Å². The zero-order valence-corrected chi connectivity index (χ0v) is 39.6. The summed E-state index contributed by atoms with van der Waals surface area (Å²) in [5.74, 6) is 0.590. The minimum atomic E-state index is -0.127. The second-order valence-electron chi connectivity index (χ2n) is 18.0. The molecule has 0 rings (SSSR count). The predicted octanol–water partition coefficient (Wildman–Crippen LogP) is 13.4. The van der Waals surface area contributed by atoms with Gasteiger partial charge in [0.1, 0.15) is 12.7 Å². The highest BCUT2D eigenvalue weighted by Gasteiger charge is 2.15. The number of unbranched alkanes of at least 4 members (excludes halogenated alkanes) is 21. The van der Waals surface area contributed by atoms with Crippen LogP contribution in [0.2, 0.25) is 0 Å². The maximum atomic E-state index is 12.9. The SMILES string of the molecule is CCCCCCCCC(CCCCCCCC)OC(=O)CCCCCN(CCCCCC(=O)OCCCCCCCCCCC(C)C)CCOC(=O)CCCN(C)C. The number of carbonyl (C=O) groups is 3. The molecule has 0 aliphatic heterocycles. The van der Waals surface area contributed by atoms with Gasteiger partial charge in [-0.2, -0.15) is 0 Å². The van der Waals surface area contributed by atoms with Crippen molar-refractivity contribution in [3.05, 3.63) is 0 Å². The van der Waals surface area contributed by atoms with Gasteiger partial charge >= 0.3 is 17.9 Å². The summed E-state index contributed by atoms with van der Waals surface area (Å²) in [4.78, 5) is 42.0. The van der Waals surface area contributed by atoms with E-state index in [9.17, 15) is 14.4 Å². The largest absolute Gasteiger partial charge is 0.466 e. The molecule has 8 nitrogen and oxygen atoms in total. The van der Waals surface area contributed by atoms with Crippen LogP contribution < -0.4 is 0 Å². The molecule has 8 heteroatoms. The van der Waals surface area contributed by atoms with Crippen LogP contribution in [0.4, 0.5) is 0 Å². The van der Waals surface area contributed by atoms with E-state index in [2.05, 4.69) is 37.5 Å². The minimum Gasteiger partial charge on any atom is -0.466 e. The summed E-state index contributed by atoms with van der Waals surface area (Å²) in [5, 5.41) is 0. The first-order chi connectivity index (χ1) is 28.2. The molecule has 0 fully saturated rings. The Kier molecular flexibility index (Phi) is 42.2. The molecule has 0 spiro atoms. The smallest absolute Gasteiger partial charge is 0.306 e. The van der Waals surface area contributed by atoms with E-state index in [1.54, 1.807) is 0 Å². The lowest BCUT2D eigenvalue weighted by atomic mass is 10.0. The Morgan fingerprint density at radius 3 is 1.33 bits per heavy atom. The number of esters is 3. The predicted molar refractivity (Wildman–Crippen MR) is 245 cm³/mol. The summed E-state index contributed by atoms with van der Waals surface area (Å²) in [5.41, 5.74) is 0. The van der Waals surface area contributed by atoms with Crippen molar-refractivity contribution in [3.63, 3.8) is 0 Å². The molecule has 0 saturated carbocycles. The molecule has 0 heterocycles. The molecular weight excluding hydrogens is 725 g/mol. The first kappa shape index (κ1) is 56.3. The lowest BCUT2D eigenvalue weighted by molar-refractivity contribution is -0.150. The van der Waals surface area contributed by atoms with Crippen LogP contribution in [0.15, 0.2) is 0 Å². The lowest BCUT2D eigenvalue weighted by Crippen LogP contribution is -2.30. The molecule has 0 amide bonds. The Hall–Kier alpha value is -1.67. The van der Waals surface area contributed by atoms with E-state index in [-0.39, 0.29) is 24.0 Å². The molecule has 0 aromatic carbocycles. The second-order valence-corrected chi connectivity index (χ2v) is 18.0. The average molecular weight is 823 g/mol. The number of hydrogen-bond donors (Lipinski definition) is 0. The molecule has 58 heavy (non-hydrogen) atoms. The average Bonchev–Trinajstić information content (AvgIpc) is 3.18. The summed E-state index contributed by atoms with van der Waals surface area (Å²) in [6, 6.07) is 0. The van der Waals surface area contributed by atoms with Crippen LogP contribution in [-0.4, -0.2) is 87.3 Å². The number of ether oxygens (including phenoxy) is 3. The van der Waals surface area contributed by atoms with Gasteiger partial charge in [0.2, 0.25) is 0 Å². The highest BCUT2D eigenvalue weighted by Crippen LogP contribution is 2.19. The fourth-order valence-electron chi connectivity index (χ4n) is 7.58. The first-order valence-electron chi connectivity index (χ1n) is 25.1. The Morgan fingerprint density at radius 2 is 0.828 bits per heavy atom. The third-order valence-electron chi connectivity index (χ3n) is 11.4. The summed E-state index contributed by atoms with van der Waals surface area (Å²) >= 11 is 0. The summed E-state index contributed by atoms with van der Waals surface area (Å²) < 4.78 is 17.2. The van der Waals surface area contributed by atoms with E-state index in [1.165, 1.54) is 109 Å². The molecule has 0 radical (unpaired) electrons. The summed E-state index contributed by atoms with van der Waals surface area (Å²) in [6.45, 7) is 13.5. The molecular formula is C50H98N2O6. The monoisotopic (exact) mass is 823 g/mol. The van der Waals surface area contributed by atoms with E-state index >= 15 is 0 Å². The Labute approximate surface area is 360 Å². The highest BCUT2D eigenvalue weighted by atomic mass is 16.5. The van der Waals surface area contributed by atoms with Crippen molar-refractivity contribution < 1.29 is 28.6 Å². The fourth-order valence-corrected chi connectivity index (χ4v) is 7.58. The number of rotatable bonds is 45. The van der Waals surface area contributed by atoms with Crippen LogP contribution in [0.3, 0.4) is 0 Å². The van der Waals surface area contributed by atoms with Crippen LogP contribution in [0.5, 0.6) is 0 Å². The normalized spacial score (nSPS) is 11.7. The molecule has 0 bridgehead atoms. The fraction of sp³-hybridized carbons (Fsp3) is 0.940. The first-order valence-corrected chi connectivity index (χ1v) is 25.1. The quantitative estimate of drug-likeness (QED) is 0.0341. The standard InChI is InChI=1S/C50H98N2O6/c1-7-9-11-13-20-26-35-47(36-27-21-14-12-10-8-2)58-50(55)38-29-24-31-42-52(43-45-57-49(54)39-33-40-51(5)6)41-30-23-28-37-48(53)56-44-32-22-18-16-15-17-19-25-34-46(3)4/h46-47H,7-45H2,1-6H3. The Balaban J connectivity index is 4.52. The van der Waals surface area contributed by atoms with Gasteiger partial charge in [-0.25, -0.2) is 0 Å². The number of nitrogens with zero attached hydrogens (tertiary/aromatic N) is 2. The minimum absolute atomic E-state index is 0.0308. The Bertz CT molecular complexity index is 897. The van der Waals surface area contributed by atoms with Gasteiger partial charge in [0.05, 0.1) is 6.61 Å². The maximum absolute atomic E-state index is 12.9. The van der Waals surface area contributed by atoms with Gasteiger partial charge in [-0.05, 0) is 104 Å². The second kappa shape index (κ2) is 43.4. The van der Waals surface area contributed by atoms with Crippen molar-refractivity contribution in [1.82, 2.24) is 9.80 Å². The van der Waals surface area contributed by atoms with Gasteiger partial charge in [-0.1, -0.05) is 156 Å². The summed E-state index contributed by atoms with van der Waals surface area (Å²) in [6.07, 6.45) is 36.4. The van der Waals surface area contributed by atoms with Crippen molar-refractivity contribution in [1.29, 1.82) is 0 Å². The number of hydrogen-bond acceptors (Lipinski definition) is 8. The van der Waals surface area contributed by atoms with Crippen molar-refractivity contribution in [2.45, 2.75) is 246 Å². The molecule has 0 unspecified atom stereocenters. The molecule has 0 atom stereocenters. The van der Waals surface area contributed by atoms with Crippen molar-refractivity contribution in [2.24, 2.45) is 5.92 Å². The van der Waals surface area contributed by atoms with E-state index in [0.717, 1.165) is 109 Å². The molecule has 0 N–H and O–H groups in total. The molecule has 0 aliphatic carbocycles. The maximum Gasteiger partial charge on any atom is 0.306 e. The third-order valence-corrected chi connectivity index (χ3v) is 11.4. The van der Waals surface area contributed by atoms with Crippen molar-refractivity contribution in [2.75, 3.05) is 53.5 Å². The van der Waals surface area contributed by atoms with Crippen LogP contribution in [0, 0.1) is 5.92 Å². The van der Waals surface area contributed by atoms with Gasteiger partial charge in [0.25, 0.3) is 0 Å². The van der Waals surface area contributed by atoms with E-state index < -0.39 is 0 Å². The molecule has 0 aromatic rings. The molecule has 0 saturated heterocycles. The van der Waals surface area contributed by atoms with Crippen LogP contribution >= 0.6 is 0 Å². The van der Waals surface area contributed by atoms with Crippen LogP contribution in [-0.2, 0) is 28.6 Å². The van der Waals surface area contributed by atoms with Gasteiger partial charge in [-0.15, -0.1) is 0 Å². The van der Waals surface area contributed by atoms with Crippen molar-refractivity contribution >= 4 is 17.9 Å². The molecule has 0 aromatic heterocycles. The number of carbonyl (C=O) groups excluding carboxylic acids is 3.